The highest BCUT2D eigenvalue weighted by Crippen LogP contribution is 2.29. The molecule has 0 saturated heterocycles. The Kier molecular flexibility index (Phi) is 3.88. The molecule has 0 saturated carbocycles. The molecule has 0 atom stereocenters. The molecule has 3 N–H and O–H groups in total. The van der Waals surface area contributed by atoms with Gasteiger partial charge in [0.2, 0.25) is 0 Å². The van der Waals surface area contributed by atoms with Crippen LogP contribution in [0.25, 0.3) is 10.9 Å². The number of nitrogens with zero attached hydrogens (tertiary/aromatic N) is 1. The van der Waals surface area contributed by atoms with Crippen molar-refractivity contribution in [3.8, 4) is 0 Å². The van der Waals surface area contributed by atoms with Gasteiger partial charge in [-0.25, -0.2) is 0 Å². The van der Waals surface area contributed by atoms with Crippen LogP contribution < -0.4 is 11.3 Å². The van der Waals surface area contributed by atoms with Gasteiger partial charge < -0.3 is 5.43 Å². The van der Waals surface area contributed by atoms with E-state index >= 15 is 0 Å². The first-order valence-electron chi connectivity index (χ1n) is 6.07. The summed E-state index contributed by atoms with van der Waals surface area (Å²) in [5, 5.41) is 1.05. The molecule has 4 heteroatoms. The van der Waals surface area contributed by atoms with Crippen molar-refractivity contribution >= 4 is 32.5 Å². The van der Waals surface area contributed by atoms with Gasteiger partial charge in [-0.3, -0.25) is 10.8 Å². The summed E-state index contributed by atoms with van der Waals surface area (Å²) in [6, 6.07) is 6.16. The van der Waals surface area contributed by atoms with Crippen LogP contribution >= 0.6 is 15.9 Å². The maximum absolute atomic E-state index is 5.62. The van der Waals surface area contributed by atoms with Gasteiger partial charge in [0.15, 0.2) is 0 Å². The number of aryl methyl sites for hydroxylation is 1. The zero-order chi connectivity index (χ0) is 13.3. The van der Waals surface area contributed by atoms with Gasteiger partial charge in [-0.2, -0.15) is 0 Å². The third-order valence-electron chi connectivity index (χ3n) is 2.89. The van der Waals surface area contributed by atoms with Crippen LogP contribution in [0.3, 0.4) is 0 Å². The van der Waals surface area contributed by atoms with Crippen LogP contribution in [0, 0.1) is 12.8 Å². The van der Waals surface area contributed by atoms with Gasteiger partial charge in [-0.15, -0.1) is 0 Å². The molecule has 0 spiro atoms. The Hall–Kier alpha value is -1.13. The molecular weight excluding hydrogens is 290 g/mol. The van der Waals surface area contributed by atoms with Crippen molar-refractivity contribution in [1.29, 1.82) is 0 Å². The molecule has 0 bridgehead atoms. The van der Waals surface area contributed by atoms with Gasteiger partial charge in [-0.1, -0.05) is 29.8 Å². The summed E-state index contributed by atoms with van der Waals surface area (Å²) < 4.78 is 1.04. The summed E-state index contributed by atoms with van der Waals surface area (Å²) >= 11 is 3.51. The third-order valence-corrected chi connectivity index (χ3v) is 3.35. The van der Waals surface area contributed by atoms with E-state index in [1.165, 1.54) is 0 Å². The Morgan fingerprint density at radius 2 is 2.06 bits per heavy atom. The maximum Gasteiger partial charge on any atom is 0.0756 e. The molecule has 96 valence electrons. The predicted molar refractivity (Wildman–Crippen MR) is 80.5 cm³/mol. The Morgan fingerprint density at radius 3 is 2.67 bits per heavy atom. The molecule has 1 aromatic carbocycles. The highest BCUT2D eigenvalue weighted by Gasteiger charge is 2.09. The first kappa shape index (κ1) is 13.3. The lowest BCUT2D eigenvalue weighted by molar-refractivity contribution is 0.637. The second-order valence-electron chi connectivity index (χ2n) is 5.02. The van der Waals surface area contributed by atoms with Crippen LogP contribution in [-0.2, 0) is 6.42 Å². The number of rotatable bonds is 3. The first-order chi connectivity index (χ1) is 8.51. The molecule has 0 aliphatic rings. The standard InChI is InChI=1S/C14H18BrN3/c1-8(2)4-11-7-13(18-16)12-6-10(15)5-9(3)14(12)17-11/h5-8H,4,16H2,1-3H3,(H,17,18). The van der Waals surface area contributed by atoms with E-state index in [0.29, 0.717) is 5.92 Å². The minimum absolute atomic E-state index is 0.580. The largest absolute Gasteiger partial charge is 0.323 e. The van der Waals surface area contributed by atoms with Crippen LogP contribution in [0.2, 0.25) is 0 Å². The Bertz CT molecular complexity index is 579. The first-order valence-corrected chi connectivity index (χ1v) is 6.87. The number of hydrogen-bond donors (Lipinski definition) is 2. The van der Waals surface area contributed by atoms with E-state index in [9.17, 15) is 0 Å². The highest BCUT2D eigenvalue weighted by molar-refractivity contribution is 9.10. The zero-order valence-electron chi connectivity index (χ0n) is 10.9. The molecule has 1 aromatic heterocycles. The van der Waals surface area contributed by atoms with Crippen molar-refractivity contribution in [1.82, 2.24) is 4.98 Å². The minimum atomic E-state index is 0.580. The number of halogens is 1. The number of anilines is 1. The van der Waals surface area contributed by atoms with E-state index in [0.717, 1.165) is 38.7 Å². The van der Waals surface area contributed by atoms with Gasteiger partial charge in [-0.05, 0) is 43.0 Å². The van der Waals surface area contributed by atoms with Crippen LogP contribution in [0.5, 0.6) is 0 Å². The summed E-state index contributed by atoms with van der Waals surface area (Å²) in [4.78, 5) is 4.75. The maximum atomic E-state index is 5.62. The van der Waals surface area contributed by atoms with Crippen molar-refractivity contribution in [2.75, 3.05) is 5.43 Å². The van der Waals surface area contributed by atoms with E-state index in [4.69, 9.17) is 10.8 Å². The SMILES string of the molecule is Cc1cc(Br)cc2c(NN)cc(CC(C)C)nc12. The average Bonchev–Trinajstić information content (AvgIpc) is 2.28. The average molecular weight is 308 g/mol. The van der Waals surface area contributed by atoms with Crippen LogP contribution in [0.4, 0.5) is 5.69 Å². The number of benzene rings is 1. The smallest absolute Gasteiger partial charge is 0.0756 e. The number of pyridine rings is 1. The fourth-order valence-electron chi connectivity index (χ4n) is 2.15. The fourth-order valence-corrected chi connectivity index (χ4v) is 2.72. The number of nitrogen functional groups attached to an aromatic ring is 1. The monoisotopic (exact) mass is 307 g/mol. The van der Waals surface area contributed by atoms with Gasteiger partial charge in [0, 0.05) is 15.6 Å². The summed E-state index contributed by atoms with van der Waals surface area (Å²) in [5.74, 6) is 6.20. The van der Waals surface area contributed by atoms with Gasteiger partial charge in [0.05, 0.1) is 11.2 Å². The van der Waals surface area contributed by atoms with Gasteiger partial charge >= 0.3 is 0 Å². The van der Waals surface area contributed by atoms with Crippen LogP contribution in [0.15, 0.2) is 22.7 Å². The van der Waals surface area contributed by atoms with Crippen molar-refractivity contribution in [3.63, 3.8) is 0 Å². The Balaban J connectivity index is 2.67. The normalized spacial score (nSPS) is 11.2. The molecule has 2 rings (SSSR count). The van der Waals surface area contributed by atoms with E-state index in [1.54, 1.807) is 0 Å². The van der Waals surface area contributed by atoms with E-state index in [-0.39, 0.29) is 0 Å². The second kappa shape index (κ2) is 5.24. The number of nitrogens with one attached hydrogen (secondary N) is 1. The van der Waals surface area contributed by atoms with E-state index in [1.807, 2.05) is 12.1 Å². The number of aromatic nitrogens is 1. The quantitative estimate of drug-likeness (QED) is 0.670. The highest BCUT2D eigenvalue weighted by atomic mass is 79.9. The number of fused-ring (bicyclic) bond motifs is 1. The van der Waals surface area contributed by atoms with Gasteiger partial charge in [0.1, 0.15) is 0 Å². The lowest BCUT2D eigenvalue weighted by Gasteiger charge is -2.12. The minimum Gasteiger partial charge on any atom is -0.323 e. The van der Waals surface area contributed by atoms with E-state index < -0.39 is 0 Å². The van der Waals surface area contributed by atoms with Crippen molar-refractivity contribution in [2.24, 2.45) is 11.8 Å². The summed E-state index contributed by atoms with van der Waals surface area (Å²) in [6.07, 6.45) is 0.958. The lowest BCUT2D eigenvalue weighted by Crippen LogP contribution is -2.09. The molecule has 0 aliphatic carbocycles. The fraction of sp³-hybridized carbons (Fsp3) is 0.357. The second-order valence-corrected chi connectivity index (χ2v) is 5.94. The predicted octanol–water partition coefficient (Wildman–Crippen LogP) is 3.79. The number of hydrazine groups is 1. The van der Waals surface area contributed by atoms with Crippen molar-refractivity contribution in [3.05, 3.63) is 33.9 Å². The molecule has 3 nitrogen and oxygen atoms in total. The molecule has 0 amide bonds. The van der Waals surface area contributed by atoms with Crippen LogP contribution in [-0.4, -0.2) is 4.98 Å². The molecule has 2 aromatic rings. The van der Waals surface area contributed by atoms with Gasteiger partial charge in [0.25, 0.3) is 0 Å². The molecule has 0 unspecified atom stereocenters. The molecule has 0 radical (unpaired) electrons. The molecule has 0 aliphatic heterocycles. The molecule has 0 fully saturated rings. The van der Waals surface area contributed by atoms with E-state index in [2.05, 4.69) is 48.2 Å². The Labute approximate surface area is 116 Å². The third kappa shape index (κ3) is 2.65. The molecular formula is C14H18BrN3. The number of nitrogens with two attached hydrogens (primary N) is 1. The molecule has 18 heavy (non-hydrogen) atoms. The summed E-state index contributed by atoms with van der Waals surface area (Å²) in [6.45, 7) is 6.45. The summed E-state index contributed by atoms with van der Waals surface area (Å²) in [5.41, 5.74) is 6.96. The summed E-state index contributed by atoms with van der Waals surface area (Å²) in [7, 11) is 0. The Morgan fingerprint density at radius 1 is 1.33 bits per heavy atom. The zero-order valence-corrected chi connectivity index (χ0v) is 12.5. The van der Waals surface area contributed by atoms with Crippen molar-refractivity contribution < 1.29 is 0 Å². The lowest BCUT2D eigenvalue weighted by atomic mass is 10.0. The number of hydrogen-bond acceptors (Lipinski definition) is 3. The molecule has 1 heterocycles. The van der Waals surface area contributed by atoms with Crippen LogP contribution in [0.1, 0.15) is 25.1 Å². The van der Waals surface area contributed by atoms with Crippen molar-refractivity contribution in [2.45, 2.75) is 27.2 Å². The topological polar surface area (TPSA) is 50.9 Å².